The maximum atomic E-state index is 12.5. The fourth-order valence-corrected chi connectivity index (χ4v) is 2.81. The van der Waals surface area contributed by atoms with Gasteiger partial charge in [-0.15, -0.1) is 0 Å². The van der Waals surface area contributed by atoms with Gasteiger partial charge in [0.25, 0.3) is 0 Å². The third-order valence-corrected chi connectivity index (χ3v) is 4.15. The lowest BCUT2D eigenvalue weighted by Gasteiger charge is -2.25. The Balaban J connectivity index is 2.51. The molecular weight excluding hydrogens is 338 g/mol. The van der Waals surface area contributed by atoms with E-state index < -0.39 is 0 Å². The Morgan fingerprint density at radius 1 is 1.00 bits per heavy atom. The van der Waals surface area contributed by atoms with Gasteiger partial charge in [0.2, 0.25) is 0 Å². The second-order valence-corrected chi connectivity index (χ2v) is 7.29. The molecule has 0 amide bonds. The first kappa shape index (κ1) is 20.6. The highest BCUT2D eigenvalue weighted by atomic mass is 16.5. The van der Waals surface area contributed by atoms with Gasteiger partial charge >= 0.3 is 0 Å². The molecular formula is C23H29NO3. The Morgan fingerprint density at radius 2 is 1.63 bits per heavy atom. The van der Waals surface area contributed by atoms with Gasteiger partial charge in [-0.25, -0.2) is 0 Å². The molecule has 0 atom stereocenters. The summed E-state index contributed by atoms with van der Waals surface area (Å²) in [5.74, 6) is 1.37. The summed E-state index contributed by atoms with van der Waals surface area (Å²) >= 11 is 0. The highest BCUT2D eigenvalue weighted by molar-refractivity contribution is 6.07. The maximum absolute atomic E-state index is 12.5. The Labute approximate surface area is 162 Å². The first-order valence-electron chi connectivity index (χ1n) is 9.29. The van der Waals surface area contributed by atoms with Crippen LogP contribution < -0.4 is 15.2 Å². The van der Waals surface area contributed by atoms with Crippen LogP contribution in [0.3, 0.4) is 0 Å². The second-order valence-electron chi connectivity index (χ2n) is 7.29. The maximum Gasteiger partial charge on any atom is 0.185 e. The normalized spacial score (nSPS) is 11.6. The topological polar surface area (TPSA) is 61.5 Å². The van der Waals surface area contributed by atoms with Crippen LogP contribution >= 0.6 is 0 Å². The Morgan fingerprint density at radius 3 is 2.19 bits per heavy atom. The fraction of sp³-hybridized carbons (Fsp3) is 0.348. The summed E-state index contributed by atoms with van der Waals surface area (Å²) in [6.07, 6.45) is 3.34. The molecule has 0 aromatic heterocycles. The predicted octanol–water partition coefficient (Wildman–Crippen LogP) is 5.26. The number of hydrogen-bond acceptors (Lipinski definition) is 4. The van der Waals surface area contributed by atoms with Gasteiger partial charge in [-0.2, -0.15) is 0 Å². The zero-order valence-corrected chi connectivity index (χ0v) is 16.8. The van der Waals surface area contributed by atoms with Crippen molar-refractivity contribution in [3.63, 3.8) is 0 Å². The SMILES string of the molecule is CCOc1ccc(C(C)(C)C)c(OCC)c1/C=C/C(=O)c1ccc(N)cc1. The molecule has 0 saturated heterocycles. The molecule has 0 radical (unpaired) electrons. The zero-order valence-electron chi connectivity index (χ0n) is 16.8. The Hall–Kier alpha value is -2.75. The Bertz CT molecular complexity index is 815. The number of ether oxygens (including phenoxy) is 2. The first-order valence-corrected chi connectivity index (χ1v) is 9.29. The van der Waals surface area contributed by atoms with Crippen molar-refractivity contribution in [3.05, 3.63) is 59.2 Å². The van der Waals surface area contributed by atoms with E-state index in [2.05, 4.69) is 20.8 Å². The molecule has 0 aliphatic carbocycles. The number of rotatable bonds is 7. The third kappa shape index (κ3) is 5.13. The number of allylic oxidation sites excluding steroid dienone is 1. The number of anilines is 1. The summed E-state index contributed by atoms with van der Waals surface area (Å²) in [6, 6.07) is 10.9. The van der Waals surface area contributed by atoms with E-state index in [1.807, 2.05) is 26.0 Å². The van der Waals surface area contributed by atoms with Crippen molar-refractivity contribution in [1.29, 1.82) is 0 Å². The number of nitrogens with two attached hydrogens (primary N) is 1. The van der Waals surface area contributed by atoms with E-state index in [0.29, 0.717) is 30.2 Å². The van der Waals surface area contributed by atoms with Crippen LogP contribution in [0.5, 0.6) is 11.5 Å². The molecule has 0 saturated carbocycles. The van der Waals surface area contributed by atoms with Crippen molar-refractivity contribution in [2.24, 2.45) is 0 Å². The van der Waals surface area contributed by atoms with Crippen LogP contribution in [0, 0.1) is 0 Å². The number of carbonyl (C=O) groups is 1. The van der Waals surface area contributed by atoms with Crippen molar-refractivity contribution < 1.29 is 14.3 Å². The van der Waals surface area contributed by atoms with E-state index in [1.54, 1.807) is 36.4 Å². The standard InChI is InChI=1S/C23H29NO3/c1-6-26-21-15-13-19(23(3,4)5)22(27-7-2)18(21)12-14-20(25)16-8-10-17(24)11-9-16/h8-15H,6-7,24H2,1-5H3/b14-12+. The van der Waals surface area contributed by atoms with Gasteiger partial charge in [-0.3, -0.25) is 4.79 Å². The number of benzene rings is 2. The Kier molecular flexibility index (Phi) is 6.67. The van der Waals surface area contributed by atoms with Crippen LogP contribution in [0.2, 0.25) is 0 Å². The molecule has 0 spiro atoms. The molecule has 144 valence electrons. The van der Waals surface area contributed by atoms with Gasteiger partial charge in [0.1, 0.15) is 11.5 Å². The lowest BCUT2D eigenvalue weighted by molar-refractivity contribution is 0.104. The summed E-state index contributed by atoms with van der Waals surface area (Å²) < 4.78 is 11.8. The van der Waals surface area contributed by atoms with Crippen molar-refractivity contribution >= 4 is 17.5 Å². The van der Waals surface area contributed by atoms with Gasteiger partial charge in [-0.05, 0) is 61.7 Å². The van der Waals surface area contributed by atoms with E-state index in [0.717, 1.165) is 16.9 Å². The highest BCUT2D eigenvalue weighted by Crippen LogP contribution is 2.40. The number of carbonyl (C=O) groups excluding carboxylic acids is 1. The van der Waals surface area contributed by atoms with Gasteiger partial charge < -0.3 is 15.2 Å². The summed E-state index contributed by atoms with van der Waals surface area (Å²) in [5.41, 5.74) is 8.67. The average Bonchev–Trinajstić information content (AvgIpc) is 2.61. The van der Waals surface area contributed by atoms with Crippen molar-refractivity contribution in [2.45, 2.75) is 40.0 Å². The molecule has 0 bridgehead atoms. The van der Waals surface area contributed by atoms with Crippen LogP contribution in [0.1, 0.15) is 56.1 Å². The van der Waals surface area contributed by atoms with Crippen molar-refractivity contribution in [3.8, 4) is 11.5 Å². The van der Waals surface area contributed by atoms with Crippen LogP contribution in [-0.4, -0.2) is 19.0 Å². The molecule has 0 aliphatic rings. The van der Waals surface area contributed by atoms with Crippen LogP contribution in [0.4, 0.5) is 5.69 Å². The minimum Gasteiger partial charge on any atom is -0.493 e. The van der Waals surface area contributed by atoms with E-state index in [4.69, 9.17) is 15.2 Å². The van der Waals surface area contributed by atoms with Gasteiger partial charge in [0.15, 0.2) is 5.78 Å². The van der Waals surface area contributed by atoms with E-state index in [1.165, 1.54) is 0 Å². The minimum absolute atomic E-state index is 0.0962. The van der Waals surface area contributed by atoms with Crippen LogP contribution in [-0.2, 0) is 5.41 Å². The number of hydrogen-bond donors (Lipinski definition) is 1. The zero-order chi connectivity index (χ0) is 20.0. The minimum atomic E-state index is -0.0984. The van der Waals surface area contributed by atoms with E-state index in [9.17, 15) is 4.79 Å². The van der Waals surface area contributed by atoms with Gasteiger partial charge in [-0.1, -0.05) is 26.8 Å². The molecule has 2 N–H and O–H groups in total. The van der Waals surface area contributed by atoms with Crippen LogP contribution in [0.25, 0.3) is 6.08 Å². The van der Waals surface area contributed by atoms with Gasteiger partial charge in [0, 0.05) is 16.8 Å². The molecule has 0 heterocycles. The predicted molar refractivity (Wildman–Crippen MR) is 112 cm³/mol. The third-order valence-electron chi connectivity index (χ3n) is 4.15. The summed E-state index contributed by atoms with van der Waals surface area (Å²) in [4.78, 5) is 12.5. The molecule has 2 rings (SSSR count). The van der Waals surface area contributed by atoms with Gasteiger partial charge in [0.05, 0.1) is 18.8 Å². The van der Waals surface area contributed by atoms with E-state index >= 15 is 0 Å². The van der Waals surface area contributed by atoms with E-state index in [-0.39, 0.29) is 11.2 Å². The lowest BCUT2D eigenvalue weighted by Crippen LogP contribution is -2.15. The molecule has 27 heavy (non-hydrogen) atoms. The molecule has 2 aromatic rings. The fourth-order valence-electron chi connectivity index (χ4n) is 2.81. The quantitative estimate of drug-likeness (QED) is 0.412. The average molecular weight is 367 g/mol. The second kappa shape index (κ2) is 8.76. The molecule has 2 aromatic carbocycles. The number of ketones is 1. The molecule has 0 fully saturated rings. The first-order chi connectivity index (χ1) is 12.8. The highest BCUT2D eigenvalue weighted by Gasteiger charge is 2.23. The monoisotopic (exact) mass is 367 g/mol. The largest absolute Gasteiger partial charge is 0.493 e. The van der Waals surface area contributed by atoms with Crippen molar-refractivity contribution in [2.75, 3.05) is 18.9 Å². The lowest BCUT2D eigenvalue weighted by atomic mass is 9.84. The molecule has 4 heteroatoms. The van der Waals surface area contributed by atoms with Crippen LogP contribution in [0.15, 0.2) is 42.5 Å². The summed E-state index contributed by atoms with van der Waals surface area (Å²) in [7, 11) is 0. The smallest absolute Gasteiger partial charge is 0.185 e. The number of nitrogen functional groups attached to an aromatic ring is 1. The molecule has 4 nitrogen and oxygen atoms in total. The molecule has 0 aliphatic heterocycles. The summed E-state index contributed by atoms with van der Waals surface area (Å²) in [5, 5.41) is 0. The summed E-state index contributed by atoms with van der Waals surface area (Å²) in [6.45, 7) is 11.4. The molecule has 0 unspecified atom stereocenters. The van der Waals surface area contributed by atoms with Crippen molar-refractivity contribution in [1.82, 2.24) is 0 Å².